The molecule has 1 saturated heterocycles. The molecule has 0 radical (unpaired) electrons. The summed E-state index contributed by atoms with van der Waals surface area (Å²) < 4.78 is 0. The molecule has 2 aliphatic rings. The molecule has 0 unspecified atom stereocenters. The van der Waals surface area contributed by atoms with Gasteiger partial charge in [-0.1, -0.05) is 32.0 Å². The van der Waals surface area contributed by atoms with Crippen molar-refractivity contribution in [2.24, 2.45) is 5.41 Å². The highest BCUT2D eigenvalue weighted by Gasteiger charge is 2.51. The van der Waals surface area contributed by atoms with Gasteiger partial charge in [-0.15, -0.1) is 0 Å². The molecule has 0 aliphatic carbocycles. The van der Waals surface area contributed by atoms with Crippen molar-refractivity contribution in [1.29, 1.82) is 0 Å². The van der Waals surface area contributed by atoms with E-state index in [1.54, 1.807) is 0 Å². The van der Waals surface area contributed by atoms with E-state index in [-0.39, 0.29) is 5.54 Å². The molecule has 92 valence electrons. The Bertz CT molecular complexity index is 448. The molecule has 1 aromatic rings. The molecule has 0 amide bonds. The van der Waals surface area contributed by atoms with Crippen molar-refractivity contribution >= 4 is 5.69 Å². The Morgan fingerprint density at radius 2 is 1.82 bits per heavy atom. The first-order valence-corrected chi connectivity index (χ1v) is 6.52. The van der Waals surface area contributed by atoms with Gasteiger partial charge in [0.25, 0.3) is 0 Å². The normalized spacial score (nSPS) is 32.5. The van der Waals surface area contributed by atoms with Crippen LogP contribution in [-0.4, -0.2) is 18.1 Å². The van der Waals surface area contributed by atoms with Gasteiger partial charge in [-0.25, -0.2) is 0 Å². The lowest BCUT2D eigenvalue weighted by molar-refractivity contribution is 0.132. The topological polar surface area (TPSA) is 24.1 Å². The maximum atomic E-state index is 3.74. The monoisotopic (exact) mass is 230 g/mol. The predicted octanol–water partition coefficient (Wildman–Crippen LogP) is 2.97. The number of benzene rings is 1. The molecule has 17 heavy (non-hydrogen) atoms. The lowest BCUT2D eigenvalue weighted by Crippen LogP contribution is -2.61. The fourth-order valence-corrected chi connectivity index (χ4v) is 3.46. The van der Waals surface area contributed by atoms with E-state index in [1.807, 2.05) is 0 Å². The Morgan fingerprint density at radius 3 is 2.59 bits per heavy atom. The summed E-state index contributed by atoms with van der Waals surface area (Å²) in [6.07, 6.45) is 0. The van der Waals surface area contributed by atoms with Crippen LogP contribution in [0.15, 0.2) is 24.3 Å². The summed E-state index contributed by atoms with van der Waals surface area (Å²) in [5, 5.41) is 7.46. The van der Waals surface area contributed by atoms with Gasteiger partial charge in [-0.3, -0.25) is 0 Å². The molecule has 1 aromatic carbocycles. The summed E-state index contributed by atoms with van der Waals surface area (Å²) in [4.78, 5) is 0. The Balaban J connectivity index is 2.11. The molecule has 1 fully saturated rings. The number of hydrogen-bond donors (Lipinski definition) is 2. The van der Waals surface area contributed by atoms with Crippen molar-refractivity contribution in [3.63, 3.8) is 0 Å². The van der Waals surface area contributed by atoms with E-state index in [2.05, 4.69) is 62.6 Å². The molecule has 2 N–H and O–H groups in total. The van der Waals surface area contributed by atoms with Gasteiger partial charge in [0.05, 0.1) is 0 Å². The first-order valence-electron chi connectivity index (χ1n) is 6.52. The summed E-state index contributed by atoms with van der Waals surface area (Å²) in [6, 6.07) is 9.30. The molecule has 0 bridgehead atoms. The zero-order chi connectivity index (χ0) is 12.3. The summed E-state index contributed by atoms with van der Waals surface area (Å²) >= 11 is 0. The highest BCUT2D eigenvalue weighted by molar-refractivity contribution is 5.61. The van der Waals surface area contributed by atoms with Crippen molar-refractivity contribution in [3.8, 4) is 0 Å². The SMILES string of the molecule is CC1(C)CNC(C)(C)[C@@H]2c3ccccc3N[C@H]21. The number of nitrogens with one attached hydrogen (secondary N) is 2. The van der Waals surface area contributed by atoms with E-state index >= 15 is 0 Å². The second-order valence-electron chi connectivity index (χ2n) is 6.75. The second kappa shape index (κ2) is 3.26. The zero-order valence-corrected chi connectivity index (χ0v) is 11.2. The minimum absolute atomic E-state index is 0.166. The number of fused-ring (bicyclic) bond motifs is 3. The highest BCUT2D eigenvalue weighted by atomic mass is 15.1. The van der Waals surface area contributed by atoms with Crippen LogP contribution in [0.5, 0.6) is 0 Å². The lowest BCUT2D eigenvalue weighted by Gasteiger charge is -2.50. The fraction of sp³-hybridized carbons (Fsp3) is 0.600. The first-order chi connectivity index (χ1) is 7.92. The number of para-hydroxylation sites is 1. The number of hydrogen-bond acceptors (Lipinski definition) is 2. The quantitative estimate of drug-likeness (QED) is 0.716. The van der Waals surface area contributed by atoms with E-state index in [0.717, 1.165) is 6.54 Å². The Hall–Kier alpha value is -1.02. The molecular formula is C15H22N2. The van der Waals surface area contributed by atoms with Gasteiger partial charge in [-0.2, -0.15) is 0 Å². The summed E-state index contributed by atoms with van der Waals surface area (Å²) in [5.41, 5.74) is 3.26. The average molecular weight is 230 g/mol. The number of rotatable bonds is 0. The Morgan fingerprint density at radius 1 is 1.12 bits per heavy atom. The van der Waals surface area contributed by atoms with E-state index in [1.165, 1.54) is 11.3 Å². The predicted molar refractivity (Wildman–Crippen MR) is 72.5 cm³/mol. The number of piperidine rings is 1. The maximum absolute atomic E-state index is 3.74. The van der Waals surface area contributed by atoms with Gasteiger partial charge in [0.1, 0.15) is 0 Å². The third-order valence-electron chi connectivity index (χ3n) is 4.56. The van der Waals surface area contributed by atoms with E-state index in [4.69, 9.17) is 0 Å². The first kappa shape index (κ1) is 11.1. The molecule has 0 aromatic heterocycles. The molecule has 2 heterocycles. The van der Waals surface area contributed by atoms with Crippen LogP contribution in [0.4, 0.5) is 5.69 Å². The van der Waals surface area contributed by atoms with E-state index in [9.17, 15) is 0 Å². The van der Waals surface area contributed by atoms with Crippen molar-refractivity contribution in [3.05, 3.63) is 29.8 Å². The van der Waals surface area contributed by atoms with Crippen LogP contribution >= 0.6 is 0 Å². The van der Waals surface area contributed by atoms with Gasteiger partial charge < -0.3 is 10.6 Å². The largest absolute Gasteiger partial charge is 0.381 e. The van der Waals surface area contributed by atoms with Crippen molar-refractivity contribution in [1.82, 2.24) is 5.32 Å². The molecule has 2 atom stereocenters. The molecule has 0 saturated carbocycles. The van der Waals surface area contributed by atoms with E-state index in [0.29, 0.717) is 17.4 Å². The molecule has 3 rings (SSSR count). The standard InChI is InChI=1S/C15H22N2/c1-14(2)9-16-15(3,4)12-10-7-5-6-8-11(10)17-13(12)14/h5-8,12-13,16-17H,9H2,1-4H3/t12-,13-/m1/s1. The number of anilines is 1. The molecule has 2 heteroatoms. The van der Waals surface area contributed by atoms with Gasteiger partial charge in [0, 0.05) is 29.7 Å². The fourth-order valence-electron chi connectivity index (χ4n) is 3.46. The summed E-state index contributed by atoms with van der Waals surface area (Å²) in [7, 11) is 0. The summed E-state index contributed by atoms with van der Waals surface area (Å²) in [6.45, 7) is 10.4. The van der Waals surface area contributed by atoms with Gasteiger partial charge in [0.15, 0.2) is 0 Å². The molecule has 2 nitrogen and oxygen atoms in total. The van der Waals surface area contributed by atoms with Crippen LogP contribution in [0.3, 0.4) is 0 Å². The smallest absolute Gasteiger partial charge is 0.0411 e. The second-order valence-corrected chi connectivity index (χ2v) is 6.75. The van der Waals surface area contributed by atoms with Crippen LogP contribution in [0.1, 0.15) is 39.2 Å². The van der Waals surface area contributed by atoms with Crippen LogP contribution in [0.2, 0.25) is 0 Å². The molecular weight excluding hydrogens is 208 g/mol. The third kappa shape index (κ3) is 1.50. The minimum Gasteiger partial charge on any atom is -0.381 e. The van der Waals surface area contributed by atoms with Crippen LogP contribution in [-0.2, 0) is 0 Å². The van der Waals surface area contributed by atoms with E-state index < -0.39 is 0 Å². The average Bonchev–Trinajstić information content (AvgIpc) is 2.66. The lowest BCUT2D eigenvalue weighted by atomic mass is 9.66. The van der Waals surface area contributed by atoms with Gasteiger partial charge in [-0.05, 0) is 30.9 Å². The maximum Gasteiger partial charge on any atom is 0.0411 e. The Labute approximate surface area is 104 Å². The summed E-state index contributed by atoms with van der Waals surface area (Å²) in [5.74, 6) is 0.558. The van der Waals surface area contributed by atoms with Crippen LogP contribution in [0.25, 0.3) is 0 Å². The van der Waals surface area contributed by atoms with Gasteiger partial charge >= 0.3 is 0 Å². The van der Waals surface area contributed by atoms with Crippen molar-refractivity contribution in [2.45, 2.75) is 45.2 Å². The minimum atomic E-state index is 0.166. The van der Waals surface area contributed by atoms with Crippen LogP contribution < -0.4 is 10.6 Å². The third-order valence-corrected chi connectivity index (χ3v) is 4.56. The molecule has 0 spiro atoms. The van der Waals surface area contributed by atoms with Crippen molar-refractivity contribution in [2.75, 3.05) is 11.9 Å². The molecule has 2 aliphatic heterocycles. The van der Waals surface area contributed by atoms with Gasteiger partial charge in [0.2, 0.25) is 0 Å². The van der Waals surface area contributed by atoms with Crippen LogP contribution in [0, 0.1) is 5.41 Å². The highest BCUT2D eigenvalue weighted by Crippen LogP contribution is 2.50. The Kier molecular flexibility index (Phi) is 2.13. The van der Waals surface area contributed by atoms with Crippen molar-refractivity contribution < 1.29 is 0 Å². The zero-order valence-electron chi connectivity index (χ0n) is 11.2.